The lowest BCUT2D eigenvalue weighted by Crippen LogP contribution is -2.29. The third kappa shape index (κ3) is 5.83. The third-order valence-electron chi connectivity index (χ3n) is 6.64. The predicted molar refractivity (Wildman–Crippen MR) is 156 cm³/mol. The number of aliphatic hydroxyl groups excluding tert-OH is 1. The van der Waals surface area contributed by atoms with E-state index < -0.39 is 17.7 Å². The quantitative estimate of drug-likeness (QED) is 0.168. The molecule has 1 atom stereocenters. The number of aliphatic hydroxyl groups is 1. The van der Waals surface area contributed by atoms with Gasteiger partial charge in [0.15, 0.2) is 0 Å². The number of hydrogen-bond donors (Lipinski definition) is 1. The van der Waals surface area contributed by atoms with Crippen LogP contribution >= 0.6 is 0 Å². The van der Waals surface area contributed by atoms with Crippen LogP contribution in [-0.2, 0) is 9.59 Å². The number of Topliss-reactive ketones (excluding diaryl/α,β-unsaturated/α-hetero) is 1. The van der Waals surface area contributed by atoms with Gasteiger partial charge in [0.2, 0.25) is 0 Å². The van der Waals surface area contributed by atoms with E-state index in [0.29, 0.717) is 41.5 Å². The van der Waals surface area contributed by atoms with Crippen LogP contribution in [0.4, 0.5) is 5.69 Å². The molecule has 4 rings (SSSR count). The van der Waals surface area contributed by atoms with Gasteiger partial charge in [-0.05, 0) is 99.3 Å². The van der Waals surface area contributed by atoms with Gasteiger partial charge in [0.05, 0.1) is 30.9 Å². The molecule has 40 heavy (non-hydrogen) atoms. The van der Waals surface area contributed by atoms with Crippen molar-refractivity contribution in [1.82, 2.24) is 0 Å². The molecule has 0 radical (unpaired) electrons. The molecule has 1 saturated heterocycles. The SMILES string of the molecule is CCOc1ccc(N2C(=O)C(=O)/C(=C(\O)c3ccc(OCC)c(C(C)C)c3)C2c2ccc(OC(C)C)cc2)cc1. The zero-order valence-electron chi connectivity index (χ0n) is 23.9. The van der Waals surface area contributed by atoms with Gasteiger partial charge in [0.25, 0.3) is 11.7 Å². The number of ketones is 1. The molecule has 1 heterocycles. The highest BCUT2D eigenvalue weighted by atomic mass is 16.5. The van der Waals surface area contributed by atoms with Crippen molar-refractivity contribution in [3.05, 3.63) is 89.0 Å². The zero-order chi connectivity index (χ0) is 29.0. The van der Waals surface area contributed by atoms with E-state index in [0.717, 1.165) is 11.3 Å². The summed E-state index contributed by atoms with van der Waals surface area (Å²) in [4.78, 5) is 28.5. The molecule has 1 N–H and O–H groups in total. The molecule has 3 aromatic rings. The summed E-state index contributed by atoms with van der Waals surface area (Å²) in [7, 11) is 0. The summed E-state index contributed by atoms with van der Waals surface area (Å²) < 4.78 is 17.1. The van der Waals surface area contributed by atoms with Crippen molar-refractivity contribution in [2.45, 2.75) is 59.6 Å². The number of ether oxygens (including phenoxy) is 3. The molecular formula is C33H37NO6. The maximum Gasteiger partial charge on any atom is 0.300 e. The van der Waals surface area contributed by atoms with E-state index in [9.17, 15) is 14.7 Å². The molecular weight excluding hydrogens is 506 g/mol. The van der Waals surface area contributed by atoms with Gasteiger partial charge in [-0.3, -0.25) is 14.5 Å². The highest BCUT2D eigenvalue weighted by molar-refractivity contribution is 6.51. The Morgan fingerprint density at radius 2 is 1.48 bits per heavy atom. The number of anilines is 1. The first-order valence-electron chi connectivity index (χ1n) is 13.7. The molecule has 3 aromatic carbocycles. The van der Waals surface area contributed by atoms with Gasteiger partial charge in [-0.15, -0.1) is 0 Å². The van der Waals surface area contributed by atoms with Gasteiger partial charge in [-0.1, -0.05) is 26.0 Å². The van der Waals surface area contributed by atoms with Crippen molar-refractivity contribution in [2.75, 3.05) is 18.1 Å². The van der Waals surface area contributed by atoms with Crippen molar-refractivity contribution in [2.24, 2.45) is 0 Å². The van der Waals surface area contributed by atoms with Crippen LogP contribution in [0.25, 0.3) is 5.76 Å². The van der Waals surface area contributed by atoms with Crippen LogP contribution in [0.5, 0.6) is 17.2 Å². The monoisotopic (exact) mass is 543 g/mol. The summed E-state index contributed by atoms with van der Waals surface area (Å²) in [5.41, 5.74) is 2.56. The molecule has 0 bridgehead atoms. The molecule has 1 unspecified atom stereocenters. The number of carbonyl (C=O) groups is 2. The summed E-state index contributed by atoms with van der Waals surface area (Å²) in [6.45, 7) is 12.8. The molecule has 0 saturated carbocycles. The van der Waals surface area contributed by atoms with Gasteiger partial charge < -0.3 is 19.3 Å². The Bertz CT molecular complexity index is 1390. The Labute approximate surface area is 236 Å². The number of hydrogen-bond acceptors (Lipinski definition) is 6. The van der Waals surface area contributed by atoms with Crippen molar-refractivity contribution in [3.8, 4) is 17.2 Å². The van der Waals surface area contributed by atoms with Gasteiger partial charge in [-0.2, -0.15) is 0 Å². The Morgan fingerprint density at radius 1 is 0.850 bits per heavy atom. The summed E-state index contributed by atoms with van der Waals surface area (Å²) in [6.07, 6.45) is -0.00449. The fourth-order valence-corrected chi connectivity index (χ4v) is 4.87. The van der Waals surface area contributed by atoms with E-state index in [1.165, 1.54) is 4.90 Å². The normalized spacial score (nSPS) is 16.6. The summed E-state index contributed by atoms with van der Waals surface area (Å²) in [5.74, 6) is 0.470. The van der Waals surface area contributed by atoms with E-state index in [1.54, 1.807) is 48.5 Å². The highest BCUT2D eigenvalue weighted by Crippen LogP contribution is 2.43. The number of nitrogens with zero attached hydrogens (tertiary/aromatic N) is 1. The summed E-state index contributed by atoms with van der Waals surface area (Å²) >= 11 is 0. The Hall–Kier alpha value is -4.26. The second kappa shape index (κ2) is 12.3. The minimum Gasteiger partial charge on any atom is -0.507 e. The van der Waals surface area contributed by atoms with Crippen LogP contribution in [-0.4, -0.2) is 36.1 Å². The van der Waals surface area contributed by atoms with Crippen LogP contribution in [0.1, 0.15) is 70.2 Å². The Morgan fingerprint density at radius 3 is 2.05 bits per heavy atom. The largest absolute Gasteiger partial charge is 0.507 e. The van der Waals surface area contributed by atoms with Gasteiger partial charge in [-0.25, -0.2) is 0 Å². The van der Waals surface area contributed by atoms with Crippen LogP contribution in [0.3, 0.4) is 0 Å². The minimum absolute atomic E-state index is 0.00449. The first-order valence-corrected chi connectivity index (χ1v) is 13.7. The topological polar surface area (TPSA) is 85.3 Å². The fraction of sp³-hybridized carbons (Fsp3) is 0.333. The molecule has 0 aromatic heterocycles. The molecule has 1 amide bonds. The van der Waals surface area contributed by atoms with E-state index in [2.05, 4.69) is 0 Å². The van der Waals surface area contributed by atoms with E-state index in [1.807, 2.05) is 59.7 Å². The number of carbonyl (C=O) groups excluding carboxylic acids is 2. The Balaban J connectivity index is 1.88. The molecule has 1 aliphatic rings. The molecule has 0 aliphatic carbocycles. The van der Waals surface area contributed by atoms with Gasteiger partial charge >= 0.3 is 0 Å². The van der Waals surface area contributed by atoms with Crippen molar-refractivity contribution < 1.29 is 28.9 Å². The average Bonchev–Trinajstić information content (AvgIpc) is 3.19. The molecule has 7 nitrogen and oxygen atoms in total. The average molecular weight is 544 g/mol. The zero-order valence-corrected chi connectivity index (χ0v) is 23.9. The first-order chi connectivity index (χ1) is 19.2. The van der Waals surface area contributed by atoms with Crippen molar-refractivity contribution in [3.63, 3.8) is 0 Å². The number of amides is 1. The maximum atomic E-state index is 13.6. The number of benzene rings is 3. The summed E-state index contributed by atoms with van der Waals surface area (Å²) in [6, 6.07) is 18.7. The van der Waals surface area contributed by atoms with Crippen LogP contribution in [0, 0.1) is 0 Å². The molecule has 1 aliphatic heterocycles. The highest BCUT2D eigenvalue weighted by Gasteiger charge is 2.47. The third-order valence-corrected chi connectivity index (χ3v) is 6.64. The molecule has 0 spiro atoms. The molecule has 7 heteroatoms. The lowest BCUT2D eigenvalue weighted by molar-refractivity contribution is -0.132. The second-order valence-electron chi connectivity index (χ2n) is 10.2. The minimum atomic E-state index is -0.847. The van der Waals surface area contributed by atoms with Crippen molar-refractivity contribution in [1.29, 1.82) is 0 Å². The second-order valence-corrected chi connectivity index (χ2v) is 10.2. The Kier molecular flexibility index (Phi) is 8.83. The van der Waals surface area contributed by atoms with Gasteiger partial charge in [0, 0.05) is 11.3 Å². The molecule has 210 valence electrons. The summed E-state index contributed by atoms with van der Waals surface area (Å²) in [5, 5.41) is 11.6. The van der Waals surface area contributed by atoms with E-state index in [-0.39, 0.29) is 23.4 Å². The molecule has 1 fully saturated rings. The first kappa shape index (κ1) is 28.7. The van der Waals surface area contributed by atoms with Gasteiger partial charge in [0.1, 0.15) is 23.0 Å². The maximum absolute atomic E-state index is 13.6. The van der Waals surface area contributed by atoms with Crippen LogP contribution in [0.15, 0.2) is 72.3 Å². The van der Waals surface area contributed by atoms with Crippen LogP contribution in [0.2, 0.25) is 0 Å². The lowest BCUT2D eigenvalue weighted by atomic mass is 9.93. The lowest BCUT2D eigenvalue weighted by Gasteiger charge is -2.26. The van der Waals surface area contributed by atoms with Crippen molar-refractivity contribution >= 4 is 23.1 Å². The van der Waals surface area contributed by atoms with Crippen LogP contribution < -0.4 is 19.1 Å². The number of rotatable bonds is 10. The standard InChI is InChI=1S/C33H37NO6/c1-7-38-25-16-12-24(13-17-25)34-30(22-9-14-26(15-10-22)40-21(5)6)29(32(36)33(34)37)31(35)23-11-18-28(39-8-2)27(19-23)20(3)4/h9-21,30,35H,7-8H2,1-6H3/b31-29-. The smallest absolute Gasteiger partial charge is 0.300 e. The fourth-order valence-electron chi connectivity index (χ4n) is 4.87. The van der Waals surface area contributed by atoms with E-state index >= 15 is 0 Å². The van der Waals surface area contributed by atoms with E-state index in [4.69, 9.17) is 14.2 Å². The predicted octanol–water partition coefficient (Wildman–Crippen LogP) is 7.02.